The molecule has 30 heavy (non-hydrogen) atoms. The Hall–Kier alpha value is -2.88. The summed E-state index contributed by atoms with van der Waals surface area (Å²) in [5, 5.41) is 20.9. The molecule has 162 valence electrons. The maximum absolute atomic E-state index is 13.5. The first-order chi connectivity index (χ1) is 14.0. The zero-order valence-corrected chi connectivity index (χ0v) is 17.8. The molecule has 0 aliphatic carbocycles. The summed E-state index contributed by atoms with van der Waals surface area (Å²) in [6.45, 7) is 7.35. The van der Waals surface area contributed by atoms with Crippen molar-refractivity contribution in [3.05, 3.63) is 30.0 Å². The number of carbonyl (C=O) groups excluding carboxylic acids is 2. The zero-order chi connectivity index (χ0) is 22.2. The first-order valence-corrected chi connectivity index (χ1v) is 9.77. The summed E-state index contributed by atoms with van der Waals surface area (Å²) in [5.74, 6) is -1.20. The van der Waals surface area contributed by atoms with Gasteiger partial charge in [-0.15, -0.1) is 5.10 Å². The number of likely N-dealkylation sites (tertiary alicyclic amines) is 1. The number of amides is 2. The molecule has 9 nitrogen and oxygen atoms in total. The predicted molar refractivity (Wildman–Crippen MR) is 107 cm³/mol. The van der Waals surface area contributed by atoms with Gasteiger partial charge in [0.15, 0.2) is 0 Å². The van der Waals surface area contributed by atoms with Crippen LogP contribution in [0, 0.1) is 18.3 Å². The minimum atomic E-state index is -0.767. The van der Waals surface area contributed by atoms with Gasteiger partial charge in [0.2, 0.25) is 17.8 Å². The molecule has 0 spiro atoms. The van der Waals surface area contributed by atoms with Crippen LogP contribution < -0.4 is 5.32 Å². The predicted octanol–water partition coefficient (Wildman–Crippen LogP) is 1.08. The van der Waals surface area contributed by atoms with Crippen LogP contribution in [-0.4, -0.2) is 67.5 Å². The largest absolute Gasteiger partial charge is 0.391 e. The van der Waals surface area contributed by atoms with Gasteiger partial charge in [0, 0.05) is 37.3 Å². The molecular weight excluding hydrogens is 391 g/mol. The van der Waals surface area contributed by atoms with Gasteiger partial charge in [-0.05, 0) is 18.4 Å². The molecule has 0 radical (unpaired) electrons. The Kier molecular flexibility index (Phi) is 5.89. The maximum Gasteiger partial charge on any atom is 0.248 e. The van der Waals surface area contributed by atoms with Gasteiger partial charge >= 0.3 is 0 Å². The van der Waals surface area contributed by atoms with Crippen molar-refractivity contribution < 1.29 is 19.1 Å². The number of hydrogen-bond acceptors (Lipinski definition) is 6. The summed E-state index contributed by atoms with van der Waals surface area (Å²) in [6.07, 6.45) is 2.40. The van der Waals surface area contributed by atoms with E-state index in [1.165, 1.54) is 22.8 Å². The summed E-state index contributed by atoms with van der Waals surface area (Å²) >= 11 is 0. The molecule has 10 heteroatoms. The summed E-state index contributed by atoms with van der Waals surface area (Å²) in [4.78, 5) is 30.9. The van der Waals surface area contributed by atoms with Gasteiger partial charge in [0.25, 0.3) is 0 Å². The number of rotatable bonds is 4. The first-order valence-electron chi connectivity index (χ1n) is 9.77. The van der Waals surface area contributed by atoms with Crippen LogP contribution in [0.3, 0.4) is 0 Å². The lowest BCUT2D eigenvalue weighted by Gasteiger charge is -2.34. The van der Waals surface area contributed by atoms with Gasteiger partial charge in [-0.1, -0.05) is 26.0 Å². The smallest absolute Gasteiger partial charge is 0.248 e. The monoisotopic (exact) mass is 418 g/mol. The molecular formula is C20H27FN6O3. The quantitative estimate of drug-likeness (QED) is 0.719. The van der Waals surface area contributed by atoms with E-state index in [1.807, 2.05) is 20.8 Å². The van der Waals surface area contributed by atoms with Crippen molar-refractivity contribution in [2.45, 2.75) is 52.3 Å². The molecule has 2 amide bonds. The molecule has 1 fully saturated rings. The van der Waals surface area contributed by atoms with E-state index in [2.05, 4.69) is 20.6 Å². The van der Waals surface area contributed by atoms with E-state index < -0.39 is 29.6 Å². The van der Waals surface area contributed by atoms with Crippen LogP contribution >= 0.6 is 0 Å². The number of β-amino-alcohol motifs (C(OH)–C–C–N with tert-alkyl or cyclic N) is 1. The van der Waals surface area contributed by atoms with Crippen LogP contribution in [-0.2, 0) is 9.59 Å². The third-order valence-electron chi connectivity index (χ3n) is 5.25. The zero-order valence-electron chi connectivity index (χ0n) is 17.8. The molecule has 2 N–H and O–H groups in total. The molecule has 0 aromatic carbocycles. The molecule has 0 unspecified atom stereocenters. The topological polar surface area (TPSA) is 113 Å². The fraction of sp³-hybridized carbons (Fsp3) is 0.550. The minimum Gasteiger partial charge on any atom is -0.391 e. The van der Waals surface area contributed by atoms with Crippen LogP contribution in [0.1, 0.15) is 38.8 Å². The minimum absolute atomic E-state index is 0.0755. The number of aliphatic hydroxyl groups excluding tert-OH is 1. The van der Waals surface area contributed by atoms with E-state index in [4.69, 9.17) is 0 Å². The van der Waals surface area contributed by atoms with E-state index in [-0.39, 0.29) is 24.8 Å². The Morgan fingerprint density at radius 2 is 2.07 bits per heavy atom. The van der Waals surface area contributed by atoms with Crippen LogP contribution in [0.5, 0.6) is 0 Å². The number of nitrogens with zero attached hydrogens (tertiary/aromatic N) is 5. The van der Waals surface area contributed by atoms with Gasteiger partial charge in [-0.25, -0.2) is 9.67 Å². The van der Waals surface area contributed by atoms with Crippen molar-refractivity contribution >= 4 is 11.8 Å². The summed E-state index contributed by atoms with van der Waals surface area (Å²) in [5.41, 5.74) is 0.863. The second-order valence-electron chi connectivity index (χ2n) is 8.69. The van der Waals surface area contributed by atoms with Crippen LogP contribution in [0.25, 0.3) is 11.3 Å². The Bertz CT molecular complexity index is 954. The van der Waals surface area contributed by atoms with Gasteiger partial charge in [0.1, 0.15) is 17.8 Å². The number of aliphatic hydroxyl groups is 1. The van der Waals surface area contributed by atoms with Crippen LogP contribution in [0.15, 0.2) is 18.5 Å². The van der Waals surface area contributed by atoms with Crippen molar-refractivity contribution in [2.75, 3.05) is 13.6 Å². The van der Waals surface area contributed by atoms with Crippen LogP contribution in [0.4, 0.5) is 4.39 Å². The van der Waals surface area contributed by atoms with E-state index in [9.17, 15) is 19.1 Å². The van der Waals surface area contributed by atoms with Crippen molar-refractivity contribution in [3.63, 3.8) is 0 Å². The van der Waals surface area contributed by atoms with Crippen molar-refractivity contribution in [1.82, 2.24) is 30.2 Å². The lowest BCUT2D eigenvalue weighted by Crippen LogP contribution is -2.49. The lowest BCUT2D eigenvalue weighted by atomic mass is 9.85. The second-order valence-corrected chi connectivity index (χ2v) is 8.69. The Labute approximate surface area is 174 Å². The molecule has 1 aliphatic heterocycles. The average molecular weight is 418 g/mol. The van der Waals surface area contributed by atoms with Crippen LogP contribution in [0.2, 0.25) is 0 Å². The molecule has 0 bridgehead atoms. The number of aromatic nitrogens is 4. The SMILES string of the molecule is CNC(=O)[C@@H]1C[C@@H](O)CN1C(=O)[C@@H](n1cc(-c2cnc(F)c(C)c2)nn1)C(C)(C)C. The van der Waals surface area contributed by atoms with Crippen molar-refractivity contribution in [3.8, 4) is 11.3 Å². The highest BCUT2D eigenvalue weighted by molar-refractivity contribution is 5.90. The molecule has 2 aromatic heterocycles. The molecule has 3 atom stereocenters. The number of hydrogen-bond donors (Lipinski definition) is 2. The standard InChI is InChI=1S/C20H27FN6O3/c1-11-6-12(8-23-17(11)21)14-10-27(25-24-14)16(20(2,3)4)19(30)26-9-13(28)7-15(26)18(29)22-5/h6,8,10,13,15-16,28H,7,9H2,1-5H3,(H,22,29)/t13-,15+,16-/m1/s1. The normalized spacial score (nSPS) is 20.3. The second kappa shape index (κ2) is 8.10. The van der Waals surface area contributed by atoms with E-state index in [1.54, 1.807) is 19.2 Å². The molecule has 1 aliphatic rings. The third-order valence-corrected chi connectivity index (χ3v) is 5.25. The fourth-order valence-corrected chi connectivity index (χ4v) is 3.74. The van der Waals surface area contributed by atoms with Crippen molar-refractivity contribution in [2.24, 2.45) is 5.41 Å². The highest BCUT2D eigenvalue weighted by Gasteiger charge is 2.45. The van der Waals surface area contributed by atoms with E-state index in [0.717, 1.165) is 0 Å². The van der Waals surface area contributed by atoms with E-state index >= 15 is 0 Å². The number of aryl methyl sites for hydroxylation is 1. The van der Waals surface area contributed by atoms with Gasteiger partial charge < -0.3 is 15.3 Å². The molecule has 3 heterocycles. The molecule has 3 rings (SSSR count). The van der Waals surface area contributed by atoms with Gasteiger partial charge in [-0.2, -0.15) is 4.39 Å². The lowest BCUT2D eigenvalue weighted by molar-refractivity contribution is -0.144. The fourth-order valence-electron chi connectivity index (χ4n) is 3.74. The highest BCUT2D eigenvalue weighted by atomic mass is 19.1. The Morgan fingerprint density at radius 3 is 2.67 bits per heavy atom. The number of halogens is 1. The van der Waals surface area contributed by atoms with Crippen molar-refractivity contribution in [1.29, 1.82) is 0 Å². The summed E-state index contributed by atoms with van der Waals surface area (Å²) < 4.78 is 15.0. The number of nitrogens with one attached hydrogen (secondary N) is 1. The van der Waals surface area contributed by atoms with E-state index in [0.29, 0.717) is 16.8 Å². The number of pyridine rings is 1. The average Bonchev–Trinajstić information content (AvgIpc) is 3.29. The summed E-state index contributed by atoms with van der Waals surface area (Å²) in [7, 11) is 1.50. The maximum atomic E-state index is 13.5. The number of likely N-dealkylation sites (N-methyl/N-ethyl adjacent to an activating group) is 1. The summed E-state index contributed by atoms with van der Waals surface area (Å²) in [6, 6.07) is 0.114. The molecule has 1 saturated heterocycles. The third kappa shape index (κ3) is 4.18. The first kappa shape index (κ1) is 21.8. The molecule has 0 saturated carbocycles. The van der Waals surface area contributed by atoms with Gasteiger partial charge in [-0.3, -0.25) is 9.59 Å². The number of carbonyl (C=O) groups is 2. The highest BCUT2D eigenvalue weighted by Crippen LogP contribution is 2.35. The Morgan fingerprint density at radius 1 is 1.37 bits per heavy atom. The molecule has 2 aromatic rings. The van der Waals surface area contributed by atoms with Gasteiger partial charge in [0.05, 0.1) is 12.3 Å². The Balaban J connectivity index is 1.95.